The van der Waals surface area contributed by atoms with E-state index in [-0.39, 0.29) is 0 Å². The van der Waals surface area contributed by atoms with E-state index in [2.05, 4.69) is 25.7 Å². The lowest BCUT2D eigenvalue weighted by Crippen LogP contribution is -2.12. The Balaban J connectivity index is 1.76. The minimum absolute atomic E-state index is 0.797. The molecule has 0 unspecified atom stereocenters. The Morgan fingerprint density at radius 3 is 3.00 bits per heavy atom. The Labute approximate surface area is 75.6 Å². The summed E-state index contributed by atoms with van der Waals surface area (Å²) in [5.74, 6) is 0. The van der Waals surface area contributed by atoms with Crippen LogP contribution in [0.4, 0.5) is 0 Å². The Bertz CT molecular complexity index is 289. The first-order valence-electron chi connectivity index (χ1n) is 4.12. The molecule has 0 bridgehead atoms. The van der Waals surface area contributed by atoms with Gasteiger partial charge in [0.2, 0.25) is 0 Å². The SMILES string of the molecule is c1cc(CNCc2cn[nH]c2)[nH]n1. The number of hydrogen-bond donors (Lipinski definition) is 3. The minimum atomic E-state index is 0.797. The van der Waals surface area contributed by atoms with Gasteiger partial charge in [0.25, 0.3) is 0 Å². The van der Waals surface area contributed by atoms with Crippen molar-refractivity contribution in [3.05, 3.63) is 35.9 Å². The third kappa shape index (κ3) is 2.16. The normalized spacial score (nSPS) is 10.5. The molecule has 2 heterocycles. The molecule has 2 rings (SSSR count). The van der Waals surface area contributed by atoms with E-state index >= 15 is 0 Å². The largest absolute Gasteiger partial charge is 0.307 e. The van der Waals surface area contributed by atoms with Crippen LogP contribution in [0.2, 0.25) is 0 Å². The van der Waals surface area contributed by atoms with Crippen molar-refractivity contribution in [1.82, 2.24) is 25.7 Å². The van der Waals surface area contributed by atoms with Crippen LogP contribution in [0.5, 0.6) is 0 Å². The van der Waals surface area contributed by atoms with E-state index in [9.17, 15) is 0 Å². The first-order valence-corrected chi connectivity index (χ1v) is 4.12. The first-order chi connectivity index (χ1) is 6.45. The van der Waals surface area contributed by atoms with Gasteiger partial charge in [-0.3, -0.25) is 10.2 Å². The molecular weight excluding hydrogens is 166 g/mol. The number of aromatic nitrogens is 4. The minimum Gasteiger partial charge on any atom is -0.307 e. The second-order valence-electron chi connectivity index (χ2n) is 2.79. The quantitative estimate of drug-likeness (QED) is 0.634. The van der Waals surface area contributed by atoms with Gasteiger partial charge in [0.05, 0.1) is 6.20 Å². The van der Waals surface area contributed by atoms with Gasteiger partial charge in [-0.1, -0.05) is 0 Å². The van der Waals surface area contributed by atoms with Crippen molar-refractivity contribution < 1.29 is 0 Å². The molecular formula is C8H11N5. The summed E-state index contributed by atoms with van der Waals surface area (Å²) < 4.78 is 0. The first kappa shape index (κ1) is 8.00. The molecule has 0 amide bonds. The van der Waals surface area contributed by atoms with Gasteiger partial charge in [0.15, 0.2) is 0 Å². The highest BCUT2D eigenvalue weighted by Crippen LogP contribution is 1.94. The van der Waals surface area contributed by atoms with E-state index in [4.69, 9.17) is 0 Å². The van der Waals surface area contributed by atoms with Gasteiger partial charge in [-0.05, 0) is 6.07 Å². The highest BCUT2D eigenvalue weighted by Gasteiger charge is 1.94. The maximum Gasteiger partial charge on any atom is 0.0532 e. The van der Waals surface area contributed by atoms with Gasteiger partial charge in [-0.15, -0.1) is 0 Å². The number of nitrogens with zero attached hydrogens (tertiary/aromatic N) is 2. The number of rotatable bonds is 4. The molecule has 68 valence electrons. The Hall–Kier alpha value is -1.62. The Kier molecular flexibility index (Phi) is 2.38. The lowest BCUT2D eigenvalue weighted by atomic mass is 10.3. The molecule has 0 fully saturated rings. The summed E-state index contributed by atoms with van der Waals surface area (Å²) in [7, 11) is 0. The fraction of sp³-hybridized carbons (Fsp3) is 0.250. The molecule has 2 aromatic heterocycles. The van der Waals surface area contributed by atoms with E-state index in [1.54, 1.807) is 12.4 Å². The average Bonchev–Trinajstić information content (AvgIpc) is 2.75. The lowest BCUT2D eigenvalue weighted by Gasteiger charge is -1.99. The van der Waals surface area contributed by atoms with E-state index < -0.39 is 0 Å². The van der Waals surface area contributed by atoms with Crippen LogP contribution in [0.25, 0.3) is 0 Å². The van der Waals surface area contributed by atoms with E-state index in [1.165, 1.54) is 0 Å². The number of aromatic amines is 2. The Morgan fingerprint density at radius 2 is 2.31 bits per heavy atom. The van der Waals surface area contributed by atoms with Crippen molar-refractivity contribution in [2.75, 3.05) is 0 Å². The molecule has 3 N–H and O–H groups in total. The van der Waals surface area contributed by atoms with Crippen LogP contribution in [-0.2, 0) is 13.1 Å². The molecule has 0 aliphatic rings. The molecule has 0 spiro atoms. The second kappa shape index (κ2) is 3.86. The molecule has 0 radical (unpaired) electrons. The van der Waals surface area contributed by atoms with Crippen molar-refractivity contribution in [2.24, 2.45) is 0 Å². The van der Waals surface area contributed by atoms with Crippen LogP contribution < -0.4 is 5.32 Å². The Morgan fingerprint density at radius 1 is 1.31 bits per heavy atom. The third-order valence-electron chi connectivity index (χ3n) is 1.76. The van der Waals surface area contributed by atoms with Gasteiger partial charge in [-0.25, -0.2) is 0 Å². The average molecular weight is 177 g/mol. The molecule has 0 atom stereocenters. The smallest absolute Gasteiger partial charge is 0.0532 e. The molecule has 5 heteroatoms. The van der Waals surface area contributed by atoms with Crippen LogP contribution >= 0.6 is 0 Å². The van der Waals surface area contributed by atoms with Gasteiger partial charge in [0.1, 0.15) is 0 Å². The van der Waals surface area contributed by atoms with Crippen molar-refractivity contribution in [3.63, 3.8) is 0 Å². The lowest BCUT2D eigenvalue weighted by molar-refractivity contribution is 0.677. The molecule has 0 aliphatic carbocycles. The zero-order chi connectivity index (χ0) is 8.93. The highest BCUT2D eigenvalue weighted by molar-refractivity contribution is 5.02. The number of nitrogens with one attached hydrogen (secondary N) is 3. The molecule has 2 aromatic rings. The van der Waals surface area contributed by atoms with Crippen molar-refractivity contribution in [1.29, 1.82) is 0 Å². The van der Waals surface area contributed by atoms with Gasteiger partial charge in [0, 0.05) is 36.7 Å². The molecule has 0 aromatic carbocycles. The number of hydrogen-bond acceptors (Lipinski definition) is 3. The van der Waals surface area contributed by atoms with Crippen LogP contribution in [0, 0.1) is 0 Å². The van der Waals surface area contributed by atoms with Gasteiger partial charge >= 0.3 is 0 Å². The maximum atomic E-state index is 3.85. The number of H-pyrrole nitrogens is 2. The summed E-state index contributed by atoms with van der Waals surface area (Å²) in [6.07, 6.45) is 5.43. The summed E-state index contributed by atoms with van der Waals surface area (Å²) in [6.45, 7) is 1.61. The molecule has 0 saturated heterocycles. The van der Waals surface area contributed by atoms with Crippen LogP contribution in [-0.4, -0.2) is 20.4 Å². The zero-order valence-electron chi connectivity index (χ0n) is 7.12. The predicted molar refractivity (Wildman–Crippen MR) is 47.7 cm³/mol. The van der Waals surface area contributed by atoms with E-state index in [0.29, 0.717) is 0 Å². The fourth-order valence-corrected chi connectivity index (χ4v) is 1.10. The monoisotopic (exact) mass is 177 g/mol. The topological polar surface area (TPSA) is 69.4 Å². The van der Waals surface area contributed by atoms with Crippen LogP contribution in [0.3, 0.4) is 0 Å². The zero-order valence-corrected chi connectivity index (χ0v) is 7.12. The summed E-state index contributed by atoms with van der Waals surface area (Å²) in [5, 5.41) is 16.6. The fourth-order valence-electron chi connectivity index (χ4n) is 1.10. The maximum absolute atomic E-state index is 3.85. The highest BCUT2D eigenvalue weighted by atomic mass is 15.1. The van der Waals surface area contributed by atoms with Crippen molar-refractivity contribution >= 4 is 0 Å². The second-order valence-corrected chi connectivity index (χ2v) is 2.79. The molecule has 0 aliphatic heterocycles. The molecule has 13 heavy (non-hydrogen) atoms. The van der Waals surface area contributed by atoms with E-state index in [1.807, 2.05) is 12.3 Å². The van der Waals surface area contributed by atoms with Gasteiger partial charge in [-0.2, -0.15) is 10.2 Å². The summed E-state index contributed by atoms with van der Waals surface area (Å²) in [6, 6.07) is 1.95. The van der Waals surface area contributed by atoms with E-state index in [0.717, 1.165) is 24.3 Å². The van der Waals surface area contributed by atoms with Crippen molar-refractivity contribution in [3.8, 4) is 0 Å². The summed E-state index contributed by atoms with van der Waals surface area (Å²) in [5.41, 5.74) is 2.24. The third-order valence-corrected chi connectivity index (χ3v) is 1.76. The molecule has 5 nitrogen and oxygen atoms in total. The standard InChI is InChI=1S/C8H11N5/c1-2-10-13-8(1)6-9-3-7-4-11-12-5-7/h1-2,4-5,9H,3,6H2,(H,10,13)(H,11,12). The molecule has 0 saturated carbocycles. The summed E-state index contributed by atoms with van der Waals surface area (Å²) in [4.78, 5) is 0. The summed E-state index contributed by atoms with van der Waals surface area (Å²) >= 11 is 0. The van der Waals surface area contributed by atoms with Gasteiger partial charge < -0.3 is 5.32 Å². The van der Waals surface area contributed by atoms with Crippen LogP contribution in [0.15, 0.2) is 24.7 Å². The predicted octanol–water partition coefficient (Wildman–Crippen LogP) is 0.423. The van der Waals surface area contributed by atoms with Crippen molar-refractivity contribution in [2.45, 2.75) is 13.1 Å². The van der Waals surface area contributed by atoms with Crippen LogP contribution in [0.1, 0.15) is 11.3 Å².